The highest BCUT2D eigenvalue weighted by molar-refractivity contribution is 5.85. The van der Waals surface area contributed by atoms with E-state index in [0.29, 0.717) is 0 Å². The van der Waals surface area contributed by atoms with Crippen LogP contribution < -0.4 is 0 Å². The lowest BCUT2D eigenvalue weighted by atomic mass is 11.8. The highest BCUT2D eigenvalue weighted by Gasteiger charge is 0.843. The summed E-state index contributed by atoms with van der Waals surface area (Å²) in [5.74, 6) is 0. The van der Waals surface area contributed by atoms with Crippen LogP contribution >= 0.6 is 24.8 Å². The van der Waals surface area contributed by atoms with Gasteiger partial charge in [-0.1, -0.05) is 0 Å². The van der Waals surface area contributed by atoms with Crippen LogP contribution in [0, 0.1) is 0 Å². The molecule has 0 spiro atoms. The molecule has 8 heavy (non-hydrogen) atoms. The van der Waals surface area contributed by atoms with Crippen LogP contribution in [0.1, 0.15) is 0 Å². The van der Waals surface area contributed by atoms with Gasteiger partial charge in [0.15, 0.2) is 0 Å². The zero-order chi connectivity index (χ0) is 6.00. The second kappa shape index (κ2) is 1470. The average molecular weight is 169 g/mol. The standard InChI is InChI=1S/3CH4O.2ClH/c3*1-2;;/h3*2H,1H3;2*1H. The highest BCUT2D eigenvalue weighted by Crippen LogP contribution is 0.759. The Balaban J connectivity index is -0.00000000500. The zero-order valence-electron chi connectivity index (χ0n) is 5.16. The minimum absolute atomic E-state index is 0. The summed E-state index contributed by atoms with van der Waals surface area (Å²) < 4.78 is 0. The first-order valence-corrected chi connectivity index (χ1v) is 1.34. The van der Waals surface area contributed by atoms with Gasteiger partial charge in [0.2, 0.25) is 0 Å². The van der Waals surface area contributed by atoms with Crippen LogP contribution in [0.25, 0.3) is 0 Å². The van der Waals surface area contributed by atoms with E-state index in [1.807, 2.05) is 0 Å². The van der Waals surface area contributed by atoms with Gasteiger partial charge in [-0.15, -0.1) is 24.8 Å². The van der Waals surface area contributed by atoms with Crippen molar-refractivity contribution in [3.05, 3.63) is 0 Å². The molecule has 0 amide bonds. The maximum absolute atomic E-state index is 7.00. The quantitative estimate of drug-likeness (QED) is 0.465. The number of aliphatic hydroxyl groups is 3. The summed E-state index contributed by atoms with van der Waals surface area (Å²) in [6.07, 6.45) is 0. The number of halogens is 2. The minimum atomic E-state index is 0. The Morgan fingerprint density at radius 1 is 0.500 bits per heavy atom. The van der Waals surface area contributed by atoms with E-state index >= 15 is 0 Å². The molecule has 0 bridgehead atoms. The van der Waals surface area contributed by atoms with Crippen molar-refractivity contribution in [1.29, 1.82) is 0 Å². The third kappa shape index (κ3) is 910. The molecule has 0 aliphatic heterocycles. The van der Waals surface area contributed by atoms with Crippen LogP contribution in [0.3, 0.4) is 0 Å². The molecule has 58 valence electrons. The smallest absolute Gasteiger partial charge is 0.0319 e. The summed E-state index contributed by atoms with van der Waals surface area (Å²) in [5.41, 5.74) is 0. The van der Waals surface area contributed by atoms with Crippen molar-refractivity contribution in [3.63, 3.8) is 0 Å². The van der Waals surface area contributed by atoms with Crippen molar-refractivity contribution in [3.8, 4) is 0 Å². The van der Waals surface area contributed by atoms with E-state index in [1.165, 1.54) is 0 Å². The molecular formula is C3H14Cl2O3. The highest BCUT2D eigenvalue weighted by atomic mass is 35.5. The molecule has 3 nitrogen and oxygen atoms in total. The van der Waals surface area contributed by atoms with Crippen LogP contribution in [-0.4, -0.2) is 36.6 Å². The minimum Gasteiger partial charge on any atom is -0.400 e. The lowest BCUT2D eigenvalue weighted by molar-refractivity contribution is 0.399. The number of rotatable bonds is 0. The Morgan fingerprint density at radius 2 is 0.500 bits per heavy atom. The number of hydrogen-bond acceptors (Lipinski definition) is 3. The number of aliphatic hydroxyl groups excluding tert-OH is 3. The molecule has 0 aromatic rings. The molecule has 0 saturated heterocycles. The van der Waals surface area contributed by atoms with E-state index in [1.54, 1.807) is 0 Å². The third-order valence-corrected chi connectivity index (χ3v) is 0. The van der Waals surface area contributed by atoms with Crippen LogP contribution in [0.15, 0.2) is 0 Å². The lowest BCUT2D eigenvalue weighted by Crippen LogP contribution is -1.25. The molecular weight excluding hydrogens is 155 g/mol. The van der Waals surface area contributed by atoms with Crippen molar-refractivity contribution in [1.82, 2.24) is 0 Å². The van der Waals surface area contributed by atoms with Gasteiger partial charge in [-0.25, -0.2) is 0 Å². The summed E-state index contributed by atoms with van der Waals surface area (Å²) in [5, 5.41) is 21.0. The van der Waals surface area contributed by atoms with Gasteiger partial charge in [-0.3, -0.25) is 0 Å². The number of hydrogen-bond donors (Lipinski definition) is 3. The molecule has 3 N–H and O–H groups in total. The summed E-state index contributed by atoms with van der Waals surface area (Å²) in [6.45, 7) is 0. The van der Waals surface area contributed by atoms with Crippen LogP contribution in [-0.2, 0) is 0 Å². The first-order valence-electron chi connectivity index (χ1n) is 1.34. The maximum Gasteiger partial charge on any atom is 0.0319 e. The van der Waals surface area contributed by atoms with E-state index in [0.717, 1.165) is 21.3 Å². The molecule has 0 fully saturated rings. The van der Waals surface area contributed by atoms with E-state index < -0.39 is 0 Å². The molecule has 0 atom stereocenters. The van der Waals surface area contributed by atoms with Gasteiger partial charge in [0.25, 0.3) is 0 Å². The van der Waals surface area contributed by atoms with Gasteiger partial charge in [-0.2, -0.15) is 0 Å². The van der Waals surface area contributed by atoms with Crippen molar-refractivity contribution >= 4 is 24.8 Å². The fraction of sp³-hybridized carbons (Fsp3) is 1.00. The van der Waals surface area contributed by atoms with Crippen LogP contribution in [0.5, 0.6) is 0 Å². The Morgan fingerprint density at radius 3 is 0.500 bits per heavy atom. The maximum atomic E-state index is 7.00. The molecule has 0 aliphatic rings. The zero-order valence-corrected chi connectivity index (χ0v) is 6.79. The monoisotopic (exact) mass is 168 g/mol. The van der Waals surface area contributed by atoms with E-state index in [4.69, 9.17) is 15.3 Å². The van der Waals surface area contributed by atoms with Gasteiger partial charge < -0.3 is 15.3 Å². The third-order valence-electron chi connectivity index (χ3n) is 0. The Labute approximate surface area is 62.2 Å². The van der Waals surface area contributed by atoms with Gasteiger partial charge in [0.05, 0.1) is 0 Å². The van der Waals surface area contributed by atoms with Crippen molar-refractivity contribution in [2.45, 2.75) is 0 Å². The summed E-state index contributed by atoms with van der Waals surface area (Å²) >= 11 is 0. The van der Waals surface area contributed by atoms with Gasteiger partial charge >= 0.3 is 0 Å². The molecule has 0 aromatic carbocycles. The second-order valence-corrected chi connectivity index (χ2v) is 0. The predicted octanol–water partition coefficient (Wildman–Crippen LogP) is -0.331. The molecule has 0 saturated carbocycles. The first-order chi connectivity index (χ1) is 3.00. The van der Waals surface area contributed by atoms with Crippen molar-refractivity contribution in [2.24, 2.45) is 0 Å². The van der Waals surface area contributed by atoms with E-state index in [2.05, 4.69) is 0 Å². The van der Waals surface area contributed by atoms with Gasteiger partial charge in [0.1, 0.15) is 0 Å². The van der Waals surface area contributed by atoms with Crippen LogP contribution in [0.4, 0.5) is 0 Å². The second-order valence-electron chi connectivity index (χ2n) is 0. The van der Waals surface area contributed by atoms with Crippen molar-refractivity contribution < 1.29 is 15.3 Å². The summed E-state index contributed by atoms with van der Waals surface area (Å²) in [4.78, 5) is 0. The Kier molecular flexibility index (Phi) is 7230. The predicted molar refractivity (Wildman–Crippen MR) is 38.9 cm³/mol. The lowest BCUT2D eigenvalue weighted by Gasteiger charge is -1.21. The van der Waals surface area contributed by atoms with Gasteiger partial charge in [-0.05, 0) is 0 Å². The Hall–Kier alpha value is 0.460. The van der Waals surface area contributed by atoms with E-state index in [9.17, 15) is 0 Å². The molecule has 0 rings (SSSR count). The van der Waals surface area contributed by atoms with Crippen molar-refractivity contribution in [2.75, 3.05) is 21.3 Å². The topological polar surface area (TPSA) is 60.7 Å². The molecule has 0 heterocycles. The molecule has 0 aliphatic carbocycles. The molecule has 5 heteroatoms. The Bertz CT molecular complexity index is 12.5. The average Bonchev–Trinajstić information content (AvgIpc) is 1.81. The first kappa shape index (κ1) is 39.3. The normalized spacial score (nSPS) is 2.25. The fourth-order valence-corrected chi connectivity index (χ4v) is 0. The SMILES string of the molecule is CO.CO.CO.Cl.Cl. The largest absolute Gasteiger partial charge is 0.400 e. The van der Waals surface area contributed by atoms with E-state index in [-0.39, 0.29) is 24.8 Å². The molecule has 0 aromatic heterocycles. The molecule has 0 radical (unpaired) electrons. The van der Waals surface area contributed by atoms with Crippen LogP contribution in [0.2, 0.25) is 0 Å². The van der Waals surface area contributed by atoms with Gasteiger partial charge in [0, 0.05) is 21.3 Å². The fourth-order valence-electron chi connectivity index (χ4n) is 0. The summed E-state index contributed by atoms with van der Waals surface area (Å²) in [7, 11) is 3.00. The summed E-state index contributed by atoms with van der Waals surface area (Å²) in [6, 6.07) is 0. The molecule has 0 unspecified atom stereocenters.